The molecule has 0 amide bonds. The molecule has 0 aromatic carbocycles. The highest BCUT2D eigenvalue weighted by atomic mass is 35.5. The van der Waals surface area contributed by atoms with Crippen LogP contribution in [0.2, 0.25) is 5.15 Å². The lowest BCUT2D eigenvalue weighted by molar-refractivity contribution is -0.00907. The minimum absolute atomic E-state index is 0.323. The third-order valence-electron chi connectivity index (χ3n) is 4.40. The molecule has 1 aromatic heterocycles. The number of ether oxygens (including phenoxy) is 1. The predicted molar refractivity (Wildman–Crippen MR) is 80.5 cm³/mol. The average Bonchev–Trinajstić information content (AvgIpc) is 2.46. The Kier molecular flexibility index (Phi) is 4.13. The van der Waals surface area contributed by atoms with Gasteiger partial charge < -0.3 is 9.64 Å². The molecule has 0 radical (unpaired) electrons. The number of rotatable bonds is 2. The molecular formula is C15H22ClN3O. The van der Waals surface area contributed by atoms with Gasteiger partial charge in [0.1, 0.15) is 17.3 Å². The maximum Gasteiger partial charge on any atom is 0.138 e. The van der Waals surface area contributed by atoms with Gasteiger partial charge in [-0.25, -0.2) is 9.97 Å². The second-order valence-electron chi connectivity index (χ2n) is 6.01. The zero-order valence-electron chi connectivity index (χ0n) is 12.2. The normalized spacial score (nSPS) is 26.7. The summed E-state index contributed by atoms with van der Waals surface area (Å²) >= 11 is 6.31. The summed E-state index contributed by atoms with van der Waals surface area (Å²) in [6.45, 7) is 5.97. The third kappa shape index (κ3) is 2.51. The molecule has 0 bridgehead atoms. The summed E-state index contributed by atoms with van der Waals surface area (Å²) in [7, 11) is 0. The Balaban J connectivity index is 1.97. The number of halogens is 1. The van der Waals surface area contributed by atoms with E-state index in [1.165, 1.54) is 19.3 Å². The summed E-state index contributed by atoms with van der Waals surface area (Å²) in [6, 6.07) is 0.445. The van der Waals surface area contributed by atoms with Gasteiger partial charge in [-0.2, -0.15) is 0 Å². The number of nitrogens with zero attached hydrogens (tertiary/aromatic N) is 3. The van der Waals surface area contributed by atoms with Crippen molar-refractivity contribution < 1.29 is 4.74 Å². The van der Waals surface area contributed by atoms with Crippen LogP contribution in [0.3, 0.4) is 0 Å². The zero-order chi connectivity index (χ0) is 14.1. The quantitative estimate of drug-likeness (QED) is 0.784. The van der Waals surface area contributed by atoms with E-state index in [9.17, 15) is 0 Å². The van der Waals surface area contributed by atoms with Gasteiger partial charge in [-0.05, 0) is 18.8 Å². The first-order valence-electron chi connectivity index (χ1n) is 7.57. The van der Waals surface area contributed by atoms with E-state index in [1.54, 1.807) is 6.33 Å². The number of aromatic nitrogens is 2. The summed E-state index contributed by atoms with van der Waals surface area (Å²) in [4.78, 5) is 11.1. The molecule has 1 saturated carbocycles. The van der Waals surface area contributed by atoms with Crippen molar-refractivity contribution in [2.45, 2.75) is 57.6 Å². The van der Waals surface area contributed by atoms with Crippen molar-refractivity contribution >= 4 is 17.4 Å². The molecule has 1 aliphatic carbocycles. The van der Waals surface area contributed by atoms with Crippen LogP contribution in [0.1, 0.15) is 51.0 Å². The zero-order valence-corrected chi connectivity index (χ0v) is 12.9. The summed E-state index contributed by atoms with van der Waals surface area (Å²) in [5.74, 6) is 1.34. The molecule has 110 valence electrons. The van der Waals surface area contributed by atoms with E-state index >= 15 is 0 Å². The van der Waals surface area contributed by atoms with Crippen LogP contribution in [0.4, 0.5) is 5.82 Å². The topological polar surface area (TPSA) is 38.2 Å². The predicted octanol–water partition coefficient (Wildman–Crippen LogP) is 3.40. The van der Waals surface area contributed by atoms with Gasteiger partial charge >= 0.3 is 0 Å². The van der Waals surface area contributed by atoms with E-state index in [0.717, 1.165) is 31.0 Å². The summed E-state index contributed by atoms with van der Waals surface area (Å²) in [5.41, 5.74) is 1.07. The number of morpholine rings is 1. The second kappa shape index (κ2) is 5.86. The molecular weight excluding hydrogens is 274 g/mol. The molecule has 3 rings (SSSR count). The van der Waals surface area contributed by atoms with Gasteiger partial charge in [-0.3, -0.25) is 0 Å². The van der Waals surface area contributed by atoms with Gasteiger partial charge in [-0.1, -0.05) is 38.3 Å². The number of hydrogen-bond acceptors (Lipinski definition) is 4. The van der Waals surface area contributed by atoms with Gasteiger partial charge in [-0.15, -0.1) is 0 Å². The lowest BCUT2D eigenvalue weighted by Gasteiger charge is -2.45. The van der Waals surface area contributed by atoms with Crippen molar-refractivity contribution in [1.29, 1.82) is 0 Å². The molecule has 1 aliphatic heterocycles. The van der Waals surface area contributed by atoms with E-state index < -0.39 is 0 Å². The fourth-order valence-corrected chi connectivity index (χ4v) is 3.80. The lowest BCUT2D eigenvalue weighted by Crippen LogP contribution is -2.53. The Morgan fingerprint density at radius 1 is 1.30 bits per heavy atom. The van der Waals surface area contributed by atoms with E-state index in [2.05, 4.69) is 28.7 Å². The first kappa shape index (κ1) is 14.1. The highest BCUT2D eigenvalue weighted by molar-refractivity contribution is 6.30. The van der Waals surface area contributed by atoms with Crippen molar-refractivity contribution in [3.63, 3.8) is 0 Å². The molecule has 4 nitrogen and oxygen atoms in total. The first-order valence-corrected chi connectivity index (χ1v) is 7.95. The fraction of sp³-hybridized carbons (Fsp3) is 0.733. The molecule has 0 spiro atoms. The molecule has 1 saturated heterocycles. The number of anilines is 1. The molecule has 2 heterocycles. The Morgan fingerprint density at radius 3 is 2.90 bits per heavy atom. The summed E-state index contributed by atoms with van der Waals surface area (Å²) in [6.07, 6.45) is 6.83. The molecule has 2 fully saturated rings. The highest BCUT2D eigenvalue weighted by Gasteiger charge is 2.36. The van der Waals surface area contributed by atoms with Gasteiger partial charge in [0.15, 0.2) is 0 Å². The molecule has 0 N–H and O–H groups in total. The van der Waals surface area contributed by atoms with E-state index in [-0.39, 0.29) is 0 Å². The number of hydrogen-bond donors (Lipinski definition) is 0. The van der Waals surface area contributed by atoms with Crippen LogP contribution >= 0.6 is 11.6 Å². The minimum atomic E-state index is 0.323. The monoisotopic (exact) mass is 295 g/mol. The standard InChI is InChI=1S/C15H22ClN3O/c1-10(2)13-14(16)17-9-18-15(13)19-7-8-20-12-6-4-3-5-11(12)19/h9-12H,3-8H2,1-2H3. The van der Waals surface area contributed by atoms with Crippen LogP contribution in [0.25, 0.3) is 0 Å². The summed E-state index contributed by atoms with van der Waals surface area (Å²) in [5, 5.41) is 0.587. The van der Waals surface area contributed by atoms with Crippen molar-refractivity contribution in [2.75, 3.05) is 18.1 Å². The Hall–Kier alpha value is -0.870. The maximum atomic E-state index is 6.31. The van der Waals surface area contributed by atoms with Crippen molar-refractivity contribution in [2.24, 2.45) is 0 Å². The van der Waals surface area contributed by atoms with Crippen molar-refractivity contribution in [3.05, 3.63) is 17.0 Å². The van der Waals surface area contributed by atoms with Crippen LogP contribution in [0.5, 0.6) is 0 Å². The molecule has 2 unspecified atom stereocenters. The van der Waals surface area contributed by atoms with Gasteiger partial charge in [0.05, 0.1) is 18.8 Å². The van der Waals surface area contributed by atoms with Crippen LogP contribution < -0.4 is 4.90 Å². The van der Waals surface area contributed by atoms with Crippen LogP contribution in [0, 0.1) is 0 Å². The summed E-state index contributed by atoms with van der Waals surface area (Å²) < 4.78 is 5.95. The lowest BCUT2D eigenvalue weighted by atomic mass is 9.89. The fourth-order valence-electron chi connectivity index (χ4n) is 3.45. The Labute approximate surface area is 125 Å². The molecule has 1 aromatic rings. The molecule has 2 aliphatic rings. The highest BCUT2D eigenvalue weighted by Crippen LogP contribution is 2.36. The SMILES string of the molecule is CC(C)c1c(Cl)ncnc1N1CCOC2CCCCC21. The van der Waals surface area contributed by atoms with E-state index in [1.807, 2.05) is 0 Å². The molecule has 5 heteroatoms. The smallest absolute Gasteiger partial charge is 0.138 e. The van der Waals surface area contributed by atoms with Gasteiger partial charge in [0, 0.05) is 12.1 Å². The third-order valence-corrected chi connectivity index (χ3v) is 4.70. The average molecular weight is 296 g/mol. The van der Waals surface area contributed by atoms with Crippen LogP contribution in [-0.4, -0.2) is 35.3 Å². The Morgan fingerprint density at radius 2 is 2.10 bits per heavy atom. The van der Waals surface area contributed by atoms with Crippen LogP contribution in [0.15, 0.2) is 6.33 Å². The maximum absolute atomic E-state index is 6.31. The first-order chi connectivity index (χ1) is 9.68. The van der Waals surface area contributed by atoms with Crippen LogP contribution in [-0.2, 0) is 4.74 Å². The van der Waals surface area contributed by atoms with Gasteiger partial charge in [0.25, 0.3) is 0 Å². The van der Waals surface area contributed by atoms with E-state index in [0.29, 0.717) is 23.2 Å². The van der Waals surface area contributed by atoms with E-state index in [4.69, 9.17) is 16.3 Å². The molecule has 2 atom stereocenters. The Bertz CT molecular complexity index is 478. The second-order valence-corrected chi connectivity index (χ2v) is 6.37. The van der Waals surface area contributed by atoms with Crippen molar-refractivity contribution in [3.8, 4) is 0 Å². The minimum Gasteiger partial charge on any atom is -0.374 e. The molecule has 20 heavy (non-hydrogen) atoms. The largest absolute Gasteiger partial charge is 0.374 e. The van der Waals surface area contributed by atoms with Gasteiger partial charge in [0.2, 0.25) is 0 Å². The number of fused-ring (bicyclic) bond motifs is 1. The van der Waals surface area contributed by atoms with Crippen molar-refractivity contribution in [1.82, 2.24) is 9.97 Å².